The Balaban J connectivity index is 1.87. The maximum atomic E-state index is 3.57. The van der Waals surface area contributed by atoms with Crippen molar-refractivity contribution >= 4 is 0 Å². The monoisotopic (exact) mass is 215 g/mol. The molecule has 0 bridgehead atoms. The molecule has 1 heterocycles. The summed E-state index contributed by atoms with van der Waals surface area (Å²) in [5.41, 5.74) is 2.17. The SMILES string of the molecule is CC1CC2(CCNCC2c2ccccc2)C1. The molecule has 1 aromatic carbocycles. The van der Waals surface area contributed by atoms with Gasteiger partial charge in [0.15, 0.2) is 0 Å². The van der Waals surface area contributed by atoms with Crippen molar-refractivity contribution in [3.63, 3.8) is 0 Å². The summed E-state index contributed by atoms with van der Waals surface area (Å²) < 4.78 is 0. The first-order valence-electron chi connectivity index (χ1n) is 6.56. The second kappa shape index (κ2) is 3.89. The minimum atomic E-state index is 0.631. The van der Waals surface area contributed by atoms with Crippen LogP contribution in [0.3, 0.4) is 0 Å². The maximum absolute atomic E-state index is 3.57. The van der Waals surface area contributed by atoms with E-state index in [1.54, 1.807) is 5.56 Å². The van der Waals surface area contributed by atoms with Gasteiger partial charge >= 0.3 is 0 Å². The lowest BCUT2D eigenvalue weighted by atomic mass is 9.52. The predicted molar refractivity (Wildman–Crippen MR) is 67.5 cm³/mol. The average Bonchev–Trinajstić information content (AvgIpc) is 2.29. The number of rotatable bonds is 1. The Morgan fingerprint density at radius 2 is 1.94 bits per heavy atom. The third-order valence-corrected chi connectivity index (χ3v) is 4.60. The zero-order valence-electron chi connectivity index (χ0n) is 10.1. The molecule has 1 heteroatoms. The summed E-state index contributed by atoms with van der Waals surface area (Å²) in [5, 5.41) is 3.57. The normalized spacial score (nSPS) is 38.3. The molecule has 1 aliphatic carbocycles. The van der Waals surface area contributed by atoms with Crippen LogP contribution in [0, 0.1) is 11.3 Å². The van der Waals surface area contributed by atoms with Gasteiger partial charge in [0.25, 0.3) is 0 Å². The van der Waals surface area contributed by atoms with E-state index in [2.05, 4.69) is 42.6 Å². The minimum absolute atomic E-state index is 0.631. The van der Waals surface area contributed by atoms with Gasteiger partial charge in [-0.25, -0.2) is 0 Å². The fourth-order valence-electron chi connectivity index (χ4n) is 3.95. The number of nitrogens with one attached hydrogen (secondary N) is 1. The van der Waals surface area contributed by atoms with E-state index in [-0.39, 0.29) is 0 Å². The quantitative estimate of drug-likeness (QED) is 0.758. The number of piperidine rings is 1. The lowest BCUT2D eigenvalue weighted by Crippen LogP contribution is -2.50. The molecule has 1 unspecified atom stereocenters. The molecule has 1 saturated carbocycles. The van der Waals surface area contributed by atoms with E-state index >= 15 is 0 Å². The van der Waals surface area contributed by atoms with Crippen LogP contribution in [0.5, 0.6) is 0 Å². The summed E-state index contributed by atoms with van der Waals surface area (Å²) >= 11 is 0. The van der Waals surface area contributed by atoms with E-state index < -0.39 is 0 Å². The van der Waals surface area contributed by atoms with Gasteiger partial charge in [-0.15, -0.1) is 0 Å². The largest absolute Gasteiger partial charge is 0.316 e. The molecule has 1 saturated heterocycles. The summed E-state index contributed by atoms with van der Waals surface area (Å²) in [4.78, 5) is 0. The smallest absolute Gasteiger partial charge is 0.00255 e. The highest BCUT2D eigenvalue weighted by molar-refractivity contribution is 5.25. The lowest BCUT2D eigenvalue weighted by Gasteiger charge is -2.54. The van der Waals surface area contributed by atoms with Crippen LogP contribution in [-0.2, 0) is 0 Å². The summed E-state index contributed by atoms with van der Waals surface area (Å²) in [6.45, 7) is 4.79. The maximum Gasteiger partial charge on any atom is 0.00255 e. The molecule has 1 aliphatic heterocycles. The first kappa shape index (κ1) is 10.3. The summed E-state index contributed by atoms with van der Waals surface area (Å²) in [7, 11) is 0. The molecule has 0 aromatic heterocycles. The summed E-state index contributed by atoms with van der Waals surface area (Å²) in [6.07, 6.45) is 4.25. The Bertz CT molecular complexity index is 345. The highest BCUT2D eigenvalue weighted by atomic mass is 14.9. The molecule has 0 radical (unpaired) electrons. The second-order valence-corrected chi connectivity index (χ2v) is 5.79. The van der Waals surface area contributed by atoms with E-state index in [9.17, 15) is 0 Å². The first-order valence-corrected chi connectivity index (χ1v) is 6.56. The average molecular weight is 215 g/mol. The van der Waals surface area contributed by atoms with Crippen molar-refractivity contribution in [3.05, 3.63) is 35.9 Å². The van der Waals surface area contributed by atoms with Gasteiger partial charge in [0.05, 0.1) is 0 Å². The summed E-state index contributed by atoms with van der Waals surface area (Å²) in [6, 6.07) is 11.1. The number of benzene rings is 1. The molecule has 2 aliphatic rings. The summed E-state index contributed by atoms with van der Waals surface area (Å²) in [5.74, 6) is 1.70. The molecule has 1 nitrogen and oxygen atoms in total. The minimum Gasteiger partial charge on any atom is -0.316 e. The van der Waals surface area contributed by atoms with Gasteiger partial charge in [0.1, 0.15) is 0 Å². The molecular weight excluding hydrogens is 194 g/mol. The molecule has 1 spiro atoms. The van der Waals surface area contributed by atoms with E-state index in [1.807, 2.05) is 0 Å². The topological polar surface area (TPSA) is 12.0 Å². The highest BCUT2D eigenvalue weighted by Crippen LogP contribution is 2.57. The van der Waals surface area contributed by atoms with E-state index in [1.165, 1.54) is 32.4 Å². The van der Waals surface area contributed by atoms with Crippen molar-refractivity contribution in [2.75, 3.05) is 13.1 Å². The zero-order chi connectivity index (χ0) is 11.0. The highest BCUT2D eigenvalue weighted by Gasteiger charge is 2.48. The Labute approximate surface area is 98.3 Å². The molecule has 86 valence electrons. The van der Waals surface area contributed by atoms with Crippen molar-refractivity contribution in [2.24, 2.45) is 11.3 Å². The van der Waals surface area contributed by atoms with E-state index in [0.717, 1.165) is 11.8 Å². The third kappa shape index (κ3) is 1.58. The van der Waals surface area contributed by atoms with Gasteiger partial charge in [0.2, 0.25) is 0 Å². The van der Waals surface area contributed by atoms with Gasteiger partial charge in [-0.1, -0.05) is 37.3 Å². The van der Waals surface area contributed by atoms with Crippen molar-refractivity contribution in [1.29, 1.82) is 0 Å². The first-order chi connectivity index (χ1) is 7.80. The fraction of sp³-hybridized carbons (Fsp3) is 0.600. The Hall–Kier alpha value is -0.820. The molecule has 3 rings (SSSR count). The van der Waals surface area contributed by atoms with Crippen LogP contribution in [0.15, 0.2) is 30.3 Å². The van der Waals surface area contributed by atoms with Gasteiger partial charge in [-0.05, 0) is 42.7 Å². The zero-order valence-corrected chi connectivity index (χ0v) is 10.1. The van der Waals surface area contributed by atoms with Crippen molar-refractivity contribution in [2.45, 2.75) is 32.1 Å². The third-order valence-electron chi connectivity index (χ3n) is 4.60. The molecule has 1 aromatic rings. The Morgan fingerprint density at radius 3 is 2.62 bits per heavy atom. The fourth-order valence-corrected chi connectivity index (χ4v) is 3.95. The van der Waals surface area contributed by atoms with Gasteiger partial charge in [-0.3, -0.25) is 0 Å². The van der Waals surface area contributed by atoms with Crippen LogP contribution in [-0.4, -0.2) is 13.1 Å². The van der Waals surface area contributed by atoms with E-state index in [4.69, 9.17) is 0 Å². The van der Waals surface area contributed by atoms with Crippen molar-refractivity contribution in [3.8, 4) is 0 Å². The van der Waals surface area contributed by atoms with Crippen LogP contribution in [0.25, 0.3) is 0 Å². The van der Waals surface area contributed by atoms with Crippen LogP contribution in [0.4, 0.5) is 0 Å². The van der Waals surface area contributed by atoms with E-state index in [0.29, 0.717) is 5.41 Å². The van der Waals surface area contributed by atoms with Crippen LogP contribution >= 0.6 is 0 Å². The number of hydrogen-bond acceptors (Lipinski definition) is 1. The van der Waals surface area contributed by atoms with Gasteiger partial charge in [0, 0.05) is 12.5 Å². The van der Waals surface area contributed by atoms with Gasteiger partial charge < -0.3 is 5.32 Å². The van der Waals surface area contributed by atoms with Gasteiger partial charge in [-0.2, -0.15) is 0 Å². The number of hydrogen-bond donors (Lipinski definition) is 1. The molecule has 1 atom stereocenters. The lowest BCUT2D eigenvalue weighted by molar-refractivity contribution is 0.00838. The Morgan fingerprint density at radius 1 is 1.19 bits per heavy atom. The van der Waals surface area contributed by atoms with Crippen molar-refractivity contribution in [1.82, 2.24) is 5.32 Å². The molecule has 2 fully saturated rings. The second-order valence-electron chi connectivity index (χ2n) is 5.79. The Kier molecular flexibility index (Phi) is 2.51. The van der Waals surface area contributed by atoms with Crippen LogP contribution in [0.2, 0.25) is 0 Å². The standard InChI is InChI=1S/C15H21N/c1-12-9-15(10-12)7-8-16-11-14(15)13-5-3-2-4-6-13/h2-6,12,14,16H,7-11H2,1H3. The molecule has 16 heavy (non-hydrogen) atoms. The molecule has 0 amide bonds. The molecule has 1 N–H and O–H groups in total. The van der Waals surface area contributed by atoms with Crippen molar-refractivity contribution < 1.29 is 0 Å². The van der Waals surface area contributed by atoms with Crippen LogP contribution < -0.4 is 5.32 Å². The molecular formula is C15H21N. The predicted octanol–water partition coefficient (Wildman–Crippen LogP) is 3.18. The van der Waals surface area contributed by atoms with Crippen LogP contribution in [0.1, 0.15) is 37.7 Å².